The Hall–Kier alpha value is -1.13. The molecule has 0 saturated heterocycles. The van der Waals surface area contributed by atoms with Crippen molar-refractivity contribution in [2.75, 3.05) is 0 Å². The van der Waals surface area contributed by atoms with Crippen LogP contribution in [0.2, 0.25) is 0 Å². The molecule has 1 aromatic rings. The van der Waals surface area contributed by atoms with E-state index in [1.54, 1.807) is 0 Å². The molecule has 148 valence electrons. The van der Waals surface area contributed by atoms with Gasteiger partial charge in [-0.3, -0.25) is 0 Å². The van der Waals surface area contributed by atoms with Crippen molar-refractivity contribution >= 4 is 8.17 Å². The summed E-state index contributed by atoms with van der Waals surface area (Å²) in [4.78, 5) is 26.7. The van der Waals surface area contributed by atoms with Crippen LogP contribution in [0.3, 0.4) is 0 Å². The number of hydrogen-bond acceptors (Lipinski definition) is 5. The van der Waals surface area contributed by atoms with Gasteiger partial charge in [-0.2, -0.15) is 0 Å². The van der Waals surface area contributed by atoms with Crippen LogP contribution in [0, 0.1) is 5.92 Å². The Bertz CT molecular complexity index is 598. The first-order chi connectivity index (χ1) is 12.4. The van der Waals surface area contributed by atoms with Gasteiger partial charge in [0, 0.05) is 0 Å². The van der Waals surface area contributed by atoms with Crippen LogP contribution in [0.4, 0.5) is 0 Å². The molecule has 0 aromatic heterocycles. The van der Waals surface area contributed by atoms with Crippen molar-refractivity contribution in [2.45, 2.75) is 71.1 Å². The molecule has 5 nitrogen and oxygen atoms in total. The molecule has 1 aliphatic rings. The number of rotatable bonds is 10. The van der Waals surface area contributed by atoms with Gasteiger partial charge in [-0.15, -0.1) is 0 Å². The molecule has 1 aromatic carbocycles. The van der Waals surface area contributed by atoms with Crippen LogP contribution >= 0.6 is 8.17 Å². The average molecular weight is 383 g/mol. The van der Waals surface area contributed by atoms with Crippen LogP contribution in [-0.2, 0) is 23.8 Å². The third kappa shape index (κ3) is 7.24. The quantitative estimate of drug-likeness (QED) is 0.279. The van der Waals surface area contributed by atoms with Gasteiger partial charge in [-0.1, -0.05) is 32.6 Å². The van der Waals surface area contributed by atoms with Gasteiger partial charge in [-0.05, 0) is 0 Å². The molecule has 26 heavy (non-hydrogen) atoms. The van der Waals surface area contributed by atoms with E-state index in [0.717, 1.165) is 31.9 Å². The van der Waals surface area contributed by atoms with Crippen LogP contribution in [-0.4, -0.2) is 14.7 Å². The number of fused-ring (bicyclic) bond motifs is 1. The summed E-state index contributed by atoms with van der Waals surface area (Å²) in [6.45, 7) is 2.24. The molecule has 5 N–H and O–H groups in total. The topological polar surface area (TPSA) is 95.9 Å². The summed E-state index contributed by atoms with van der Waals surface area (Å²) in [7, 11) is -4.54. The van der Waals surface area contributed by atoms with E-state index in [1.807, 2.05) is 0 Å². The summed E-state index contributed by atoms with van der Waals surface area (Å²) >= 11 is 0. The minimum absolute atomic E-state index is 0.100. The van der Waals surface area contributed by atoms with Crippen LogP contribution in [0.1, 0.15) is 68.6 Å². The molecule has 1 atom stereocenters. The van der Waals surface area contributed by atoms with Gasteiger partial charge >= 0.3 is 124 Å². The molecule has 1 aliphatic carbocycles. The van der Waals surface area contributed by atoms with Crippen LogP contribution in [0.25, 0.3) is 0 Å². The summed E-state index contributed by atoms with van der Waals surface area (Å²) in [5.74, 6) is 0.100. The van der Waals surface area contributed by atoms with Gasteiger partial charge in [-0.25, -0.2) is 0 Å². The van der Waals surface area contributed by atoms with Crippen LogP contribution < -0.4 is 5.73 Å². The fraction of sp³-hybridized carbons (Fsp3) is 0.600. The second-order valence-electron chi connectivity index (χ2n) is 7.37. The SMILES string of the molecule is CCCCCCCCc1ccc2c(c1)CCC(/C(N)=C/O[PH](O)(O)O)C2. The number of aryl methyl sites for hydroxylation is 2. The van der Waals surface area contributed by atoms with Gasteiger partial charge in [0.25, 0.3) is 0 Å². The Labute approximate surface area is 157 Å². The molecule has 0 aliphatic heterocycles. The zero-order valence-electron chi connectivity index (χ0n) is 15.8. The molecule has 0 bridgehead atoms. The van der Waals surface area contributed by atoms with Gasteiger partial charge in [0.1, 0.15) is 0 Å². The van der Waals surface area contributed by atoms with Crippen LogP contribution in [0.15, 0.2) is 30.2 Å². The van der Waals surface area contributed by atoms with Crippen molar-refractivity contribution in [1.82, 2.24) is 0 Å². The third-order valence-corrected chi connectivity index (χ3v) is 5.58. The van der Waals surface area contributed by atoms with Crippen molar-refractivity contribution in [1.29, 1.82) is 0 Å². The van der Waals surface area contributed by atoms with Gasteiger partial charge in [0.05, 0.1) is 0 Å². The predicted molar refractivity (Wildman–Crippen MR) is 107 cm³/mol. The van der Waals surface area contributed by atoms with Crippen molar-refractivity contribution in [3.05, 3.63) is 46.8 Å². The maximum atomic E-state index is 8.91. The molecule has 0 fully saturated rings. The Morgan fingerprint density at radius 3 is 2.62 bits per heavy atom. The molecule has 0 amide bonds. The van der Waals surface area contributed by atoms with Gasteiger partial charge in [0.2, 0.25) is 0 Å². The van der Waals surface area contributed by atoms with Crippen molar-refractivity contribution in [3.8, 4) is 0 Å². The summed E-state index contributed by atoms with van der Waals surface area (Å²) in [6, 6.07) is 6.75. The van der Waals surface area contributed by atoms with E-state index in [9.17, 15) is 0 Å². The van der Waals surface area contributed by atoms with E-state index >= 15 is 0 Å². The summed E-state index contributed by atoms with van der Waals surface area (Å²) < 4.78 is 4.55. The predicted octanol–water partition coefficient (Wildman–Crippen LogP) is 3.90. The normalized spacial score (nSPS) is 18.5. The Balaban J connectivity index is 1.84. The zero-order valence-corrected chi connectivity index (χ0v) is 16.8. The molecule has 0 radical (unpaired) electrons. The Morgan fingerprint density at radius 1 is 1.15 bits per heavy atom. The van der Waals surface area contributed by atoms with Crippen LogP contribution in [0.5, 0.6) is 0 Å². The van der Waals surface area contributed by atoms with Crippen molar-refractivity contribution in [2.24, 2.45) is 11.7 Å². The molecule has 2 rings (SSSR count). The summed E-state index contributed by atoms with van der Waals surface area (Å²) in [5, 5.41) is 0. The molecular formula is C20H34NO4P. The van der Waals surface area contributed by atoms with Gasteiger partial charge < -0.3 is 0 Å². The molecule has 0 saturated carbocycles. The molecular weight excluding hydrogens is 349 g/mol. The van der Waals surface area contributed by atoms with E-state index in [0.29, 0.717) is 5.70 Å². The van der Waals surface area contributed by atoms with E-state index in [-0.39, 0.29) is 5.92 Å². The molecule has 1 unspecified atom stereocenters. The summed E-state index contributed by atoms with van der Waals surface area (Å²) in [5.41, 5.74) is 10.5. The number of allylic oxidation sites excluding steroid dienone is 1. The molecule has 0 spiro atoms. The second kappa shape index (κ2) is 10.3. The Morgan fingerprint density at radius 2 is 1.88 bits per heavy atom. The average Bonchev–Trinajstić information content (AvgIpc) is 2.61. The van der Waals surface area contributed by atoms with Gasteiger partial charge in [0.15, 0.2) is 0 Å². The zero-order chi connectivity index (χ0) is 19.0. The molecule has 6 heteroatoms. The standard InChI is InChI=1S/C20H34NO4P/c1-2-3-4-5-6-7-8-16-9-10-18-14-19(12-11-17(18)13-16)20(21)15-25-26(22,23)24/h9-10,13,15,19,22-24,26H,2-8,11-12,14,21H2,1H3/b20-15-. The first kappa shape index (κ1) is 21.2. The van der Waals surface area contributed by atoms with E-state index in [4.69, 9.17) is 20.4 Å². The van der Waals surface area contributed by atoms with Crippen molar-refractivity contribution in [3.63, 3.8) is 0 Å². The number of benzene rings is 1. The van der Waals surface area contributed by atoms with E-state index in [2.05, 4.69) is 29.6 Å². The van der Waals surface area contributed by atoms with Crippen molar-refractivity contribution < 1.29 is 19.2 Å². The first-order valence-electron chi connectivity index (χ1n) is 9.80. The van der Waals surface area contributed by atoms with E-state index < -0.39 is 8.17 Å². The Kier molecular flexibility index (Phi) is 8.36. The number of unbranched alkanes of at least 4 members (excludes halogenated alkanes) is 5. The maximum absolute atomic E-state index is 8.91. The number of nitrogens with two attached hydrogens (primary N) is 1. The monoisotopic (exact) mass is 383 g/mol. The van der Waals surface area contributed by atoms with E-state index in [1.165, 1.54) is 55.2 Å². The first-order valence-corrected chi connectivity index (χ1v) is 11.5. The minimum atomic E-state index is -4.54. The fourth-order valence-corrected chi connectivity index (χ4v) is 3.90. The summed E-state index contributed by atoms with van der Waals surface area (Å²) in [6.07, 6.45) is 12.8. The fourth-order valence-electron chi connectivity index (χ4n) is 3.60. The second-order valence-corrected chi connectivity index (χ2v) is 8.75. The third-order valence-electron chi connectivity index (χ3n) is 5.14. The molecule has 0 heterocycles. The number of hydrogen-bond donors (Lipinski definition) is 4.